The second-order valence-electron chi connectivity index (χ2n) is 6.49. The lowest BCUT2D eigenvalue weighted by molar-refractivity contribution is -0.129. The van der Waals surface area contributed by atoms with Crippen molar-refractivity contribution in [2.24, 2.45) is 0 Å². The molecule has 1 aromatic heterocycles. The van der Waals surface area contributed by atoms with Crippen LogP contribution in [0.1, 0.15) is 18.1 Å². The van der Waals surface area contributed by atoms with E-state index in [0.717, 1.165) is 16.8 Å². The third-order valence-electron chi connectivity index (χ3n) is 4.27. The molecule has 3 aromatic rings. The molecule has 0 N–H and O–H groups in total. The highest BCUT2D eigenvalue weighted by molar-refractivity contribution is 8.00. The van der Waals surface area contributed by atoms with Gasteiger partial charge in [-0.2, -0.15) is 4.68 Å². The number of rotatable bonds is 7. The van der Waals surface area contributed by atoms with Crippen LogP contribution in [0.25, 0.3) is 5.69 Å². The van der Waals surface area contributed by atoms with E-state index in [1.165, 1.54) is 11.8 Å². The number of hydrogen-bond donors (Lipinski definition) is 0. The Kier molecular flexibility index (Phi) is 6.30. The third kappa shape index (κ3) is 4.51. The Hall–Kier alpha value is -2.87. The molecule has 0 fully saturated rings. The number of amides is 1. The maximum absolute atomic E-state index is 12.8. The topological polar surface area (TPSA) is 73.1 Å². The quantitative estimate of drug-likeness (QED) is 0.571. The zero-order chi connectivity index (χ0) is 20.1. The van der Waals surface area contributed by atoms with Crippen molar-refractivity contribution in [2.75, 3.05) is 14.2 Å². The largest absolute Gasteiger partial charge is 0.494 e. The number of thioether (sulfide) groups is 1. The van der Waals surface area contributed by atoms with Crippen molar-refractivity contribution in [2.45, 2.75) is 30.8 Å². The van der Waals surface area contributed by atoms with Gasteiger partial charge < -0.3 is 9.64 Å². The summed E-state index contributed by atoms with van der Waals surface area (Å²) in [5.74, 6) is 0.680. The third-order valence-corrected chi connectivity index (χ3v) is 5.29. The number of nitrogens with zero attached hydrogens (tertiary/aromatic N) is 5. The summed E-state index contributed by atoms with van der Waals surface area (Å²) in [6.07, 6.45) is 0. The van der Waals surface area contributed by atoms with Crippen molar-refractivity contribution >= 4 is 17.7 Å². The van der Waals surface area contributed by atoms with Crippen molar-refractivity contribution in [3.63, 3.8) is 0 Å². The summed E-state index contributed by atoms with van der Waals surface area (Å²) in [6, 6.07) is 15.7. The van der Waals surface area contributed by atoms with Gasteiger partial charge in [0.15, 0.2) is 0 Å². The second-order valence-corrected chi connectivity index (χ2v) is 7.80. The molecule has 0 bridgehead atoms. The van der Waals surface area contributed by atoms with E-state index in [2.05, 4.69) is 15.5 Å². The van der Waals surface area contributed by atoms with Gasteiger partial charge in [0.25, 0.3) is 0 Å². The number of aryl methyl sites for hydroxylation is 1. The molecule has 0 saturated heterocycles. The summed E-state index contributed by atoms with van der Waals surface area (Å²) in [7, 11) is 3.41. The molecule has 0 radical (unpaired) electrons. The molecule has 146 valence electrons. The molecule has 1 atom stereocenters. The van der Waals surface area contributed by atoms with E-state index in [0.29, 0.717) is 17.5 Å². The van der Waals surface area contributed by atoms with Crippen LogP contribution >= 0.6 is 11.8 Å². The highest BCUT2D eigenvalue weighted by Gasteiger charge is 2.23. The smallest absolute Gasteiger partial charge is 0.235 e. The van der Waals surface area contributed by atoms with Gasteiger partial charge in [-0.3, -0.25) is 4.79 Å². The van der Waals surface area contributed by atoms with Crippen molar-refractivity contribution in [3.8, 4) is 11.4 Å². The first-order valence-corrected chi connectivity index (χ1v) is 9.76. The highest BCUT2D eigenvalue weighted by Crippen LogP contribution is 2.29. The second kappa shape index (κ2) is 8.88. The molecule has 0 aliphatic carbocycles. The molecule has 8 heteroatoms. The lowest BCUT2D eigenvalue weighted by atomic mass is 10.2. The summed E-state index contributed by atoms with van der Waals surface area (Å²) in [5, 5.41) is 12.2. The number of carbonyl (C=O) groups excluding carboxylic acids is 1. The molecule has 1 amide bonds. The maximum atomic E-state index is 12.8. The van der Waals surface area contributed by atoms with Crippen LogP contribution in [-0.2, 0) is 11.3 Å². The molecule has 1 heterocycles. The van der Waals surface area contributed by atoms with Crippen LogP contribution in [0, 0.1) is 6.92 Å². The SMILES string of the molecule is COc1ccc(C)cc1-n1nnnc1S[C@@H](C)C(=O)N(C)Cc1ccccc1. The monoisotopic (exact) mass is 397 g/mol. The van der Waals surface area contributed by atoms with Gasteiger partial charge in [0.2, 0.25) is 11.1 Å². The Balaban J connectivity index is 1.75. The Morgan fingerprint density at radius 2 is 2.00 bits per heavy atom. The first-order chi connectivity index (χ1) is 13.5. The van der Waals surface area contributed by atoms with E-state index >= 15 is 0 Å². The fraction of sp³-hybridized carbons (Fsp3) is 0.300. The summed E-state index contributed by atoms with van der Waals surface area (Å²) in [4.78, 5) is 14.5. The molecule has 0 unspecified atom stereocenters. The Labute approximate surface area is 168 Å². The molecule has 2 aromatic carbocycles. The van der Waals surface area contributed by atoms with Crippen molar-refractivity contribution in [1.82, 2.24) is 25.1 Å². The van der Waals surface area contributed by atoms with Gasteiger partial charge in [-0.15, -0.1) is 5.10 Å². The summed E-state index contributed by atoms with van der Waals surface area (Å²) >= 11 is 1.32. The van der Waals surface area contributed by atoms with E-state index in [-0.39, 0.29) is 11.2 Å². The van der Waals surface area contributed by atoms with Gasteiger partial charge in [0.1, 0.15) is 11.4 Å². The van der Waals surface area contributed by atoms with Crippen LogP contribution in [0.3, 0.4) is 0 Å². The molecular weight excluding hydrogens is 374 g/mol. The lowest BCUT2D eigenvalue weighted by Gasteiger charge is -2.21. The van der Waals surface area contributed by atoms with E-state index in [1.807, 2.05) is 62.4 Å². The molecule has 0 spiro atoms. The number of hydrogen-bond acceptors (Lipinski definition) is 6. The fourth-order valence-electron chi connectivity index (χ4n) is 2.82. The molecule has 0 aliphatic heterocycles. The van der Waals surface area contributed by atoms with Gasteiger partial charge in [0, 0.05) is 13.6 Å². The van der Waals surface area contributed by atoms with Crippen LogP contribution < -0.4 is 4.74 Å². The van der Waals surface area contributed by atoms with Gasteiger partial charge in [-0.05, 0) is 47.5 Å². The molecule has 0 aliphatic rings. The number of ether oxygens (including phenoxy) is 1. The zero-order valence-corrected chi connectivity index (χ0v) is 17.2. The van der Waals surface area contributed by atoms with E-state index < -0.39 is 0 Å². The molecule has 7 nitrogen and oxygen atoms in total. The first kappa shape index (κ1) is 19.9. The summed E-state index contributed by atoms with van der Waals surface area (Å²) in [6.45, 7) is 4.41. The zero-order valence-electron chi connectivity index (χ0n) is 16.4. The predicted molar refractivity (Wildman–Crippen MR) is 109 cm³/mol. The minimum Gasteiger partial charge on any atom is -0.494 e. The van der Waals surface area contributed by atoms with Gasteiger partial charge >= 0.3 is 0 Å². The van der Waals surface area contributed by atoms with Crippen molar-refractivity contribution < 1.29 is 9.53 Å². The number of benzene rings is 2. The average molecular weight is 398 g/mol. The number of tetrazole rings is 1. The molecule has 28 heavy (non-hydrogen) atoms. The maximum Gasteiger partial charge on any atom is 0.235 e. The fourth-order valence-corrected chi connectivity index (χ4v) is 3.74. The van der Waals surface area contributed by atoms with Crippen LogP contribution in [0.15, 0.2) is 53.7 Å². The number of methoxy groups -OCH3 is 1. The summed E-state index contributed by atoms with van der Waals surface area (Å²) < 4.78 is 7.04. The van der Waals surface area contributed by atoms with Gasteiger partial charge in [-0.25, -0.2) is 0 Å². The Morgan fingerprint density at radius 3 is 2.71 bits per heavy atom. The number of carbonyl (C=O) groups is 1. The summed E-state index contributed by atoms with van der Waals surface area (Å²) in [5.41, 5.74) is 2.89. The minimum absolute atomic E-state index is 0.0135. The Morgan fingerprint density at radius 1 is 1.25 bits per heavy atom. The van der Waals surface area contributed by atoms with Crippen LogP contribution in [0.2, 0.25) is 0 Å². The van der Waals surface area contributed by atoms with E-state index in [9.17, 15) is 4.79 Å². The number of aromatic nitrogens is 4. The van der Waals surface area contributed by atoms with Gasteiger partial charge in [0.05, 0.1) is 12.4 Å². The molecule has 3 rings (SSSR count). The van der Waals surface area contributed by atoms with Crippen LogP contribution in [0.5, 0.6) is 5.75 Å². The first-order valence-electron chi connectivity index (χ1n) is 8.88. The average Bonchev–Trinajstić information content (AvgIpc) is 3.15. The van der Waals surface area contributed by atoms with E-state index in [1.54, 1.807) is 23.7 Å². The lowest BCUT2D eigenvalue weighted by Crippen LogP contribution is -2.33. The van der Waals surface area contributed by atoms with E-state index in [4.69, 9.17) is 4.74 Å². The van der Waals surface area contributed by atoms with Crippen molar-refractivity contribution in [3.05, 3.63) is 59.7 Å². The minimum atomic E-state index is -0.339. The molecule has 0 saturated carbocycles. The van der Waals surface area contributed by atoms with Crippen LogP contribution in [-0.4, -0.2) is 50.4 Å². The van der Waals surface area contributed by atoms with Crippen LogP contribution in [0.4, 0.5) is 0 Å². The standard InChI is InChI=1S/C20H23N5O2S/c1-14-10-11-18(27-4)17(12-14)25-20(21-22-23-25)28-15(2)19(26)24(3)13-16-8-6-5-7-9-16/h5-12,15H,13H2,1-4H3/t15-/m0/s1. The Bertz CT molecular complexity index is 945. The van der Waals surface area contributed by atoms with Crippen molar-refractivity contribution in [1.29, 1.82) is 0 Å². The highest BCUT2D eigenvalue weighted by atomic mass is 32.2. The van der Waals surface area contributed by atoms with Gasteiger partial charge in [-0.1, -0.05) is 48.2 Å². The normalized spacial score (nSPS) is 11.9. The molecular formula is C20H23N5O2S. The predicted octanol–water partition coefficient (Wildman–Crippen LogP) is 3.12.